The number of hydrogen-bond acceptors (Lipinski definition) is 3. The molecule has 3 rings (SSSR count). The summed E-state index contributed by atoms with van der Waals surface area (Å²) in [6.07, 6.45) is 0. The molecule has 2 aromatic carbocycles. The van der Waals surface area contributed by atoms with Crippen LogP contribution in [-0.2, 0) is 4.79 Å². The third-order valence-electron chi connectivity index (χ3n) is 4.06. The molecule has 28 heavy (non-hydrogen) atoms. The minimum absolute atomic E-state index is 0.119. The van der Waals surface area contributed by atoms with Crippen molar-refractivity contribution in [2.75, 3.05) is 5.32 Å². The molecule has 9 heteroatoms. The molecule has 0 fully saturated rings. The first-order chi connectivity index (χ1) is 13.3. The van der Waals surface area contributed by atoms with Crippen LogP contribution in [0.3, 0.4) is 0 Å². The molecule has 0 saturated carbocycles. The van der Waals surface area contributed by atoms with Crippen molar-refractivity contribution in [1.29, 1.82) is 0 Å². The van der Waals surface area contributed by atoms with Gasteiger partial charge in [-0.3, -0.25) is 4.79 Å². The maximum atomic E-state index is 12.9. The predicted octanol–water partition coefficient (Wildman–Crippen LogP) is 4.32. The lowest BCUT2D eigenvalue weighted by atomic mass is 9.94. The molecule has 0 radical (unpaired) electrons. The van der Waals surface area contributed by atoms with Gasteiger partial charge in [-0.25, -0.2) is 4.79 Å². The zero-order chi connectivity index (χ0) is 20.3. The van der Waals surface area contributed by atoms with Crippen LogP contribution in [0.1, 0.15) is 18.5 Å². The number of carbonyl (C=O) groups is 2. The van der Waals surface area contributed by atoms with Gasteiger partial charge in [0.2, 0.25) is 0 Å². The van der Waals surface area contributed by atoms with Crippen LogP contribution >= 0.6 is 15.9 Å². The Hall–Kier alpha value is -2.94. The van der Waals surface area contributed by atoms with Crippen LogP contribution < -0.4 is 20.7 Å². The number of rotatable bonds is 5. The SMILES string of the molecule is CC1=C(C(=O)Nc2ccc(Br)cc2)[C@H](c2ccccc2OC(F)F)NC(=O)N1. The number of allylic oxidation sites excluding steroid dienone is 1. The van der Waals surface area contributed by atoms with E-state index < -0.39 is 24.6 Å². The van der Waals surface area contributed by atoms with E-state index in [1.165, 1.54) is 18.2 Å². The quantitative estimate of drug-likeness (QED) is 0.633. The fourth-order valence-corrected chi connectivity index (χ4v) is 3.15. The summed E-state index contributed by atoms with van der Waals surface area (Å²) >= 11 is 3.32. The van der Waals surface area contributed by atoms with Gasteiger partial charge in [0.25, 0.3) is 5.91 Å². The fraction of sp³-hybridized carbons (Fsp3) is 0.158. The molecule has 1 aliphatic rings. The lowest BCUT2D eigenvalue weighted by Gasteiger charge is -2.29. The molecule has 3 amide bonds. The molecule has 0 saturated heterocycles. The molecule has 0 bridgehead atoms. The van der Waals surface area contributed by atoms with Crippen LogP contribution in [0, 0.1) is 0 Å². The Morgan fingerprint density at radius 1 is 1.18 bits per heavy atom. The average molecular weight is 452 g/mol. The summed E-state index contributed by atoms with van der Waals surface area (Å²) in [5.41, 5.74) is 1.29. The van der Waals surface area contributed by atoms with Gasteiger partial charge in [0.05, 0.1) is 11.6 Å². The van der Waals surface area contributed by atoms with Crippen molar-refractivity contribution in [3.8, 4) is 5.75 Å². The number of amides is 3. The number of para-hydroxylation sites is 1. The van der Waals surface area contributed by atoms with Gasteiger partial charge in [-0.2, -0.15) is 8.78 Å². The number of anilines is 1. The number of halogens is 3. The minimum Gasteiger partial charge on any atom is -0.434 e. The van der Waals surface area contributed by atoms with Gasteiger partial charge in [-0.15, -0.1) is 0 Å². The Morgan fingerprint density at radius 3 is 2.54 bits per heavy atom. The van der Waals surface area contributed by atoms with Crippen molar-refractivity contribution in [3.05, 3.63) is 69.8 Å². The van der Waals surface area contributed by atoms with Crippen molar-refractivity contribution < 1.29 is 23.1 Å². The second-order valence-corrected chi connectivity index (χ2v) is 6.86. The van der Waals surface area contributed by atoms with Gasteiger partial charge in [0, 0.05) is 21.4 Å². The third kappa shape index (κ3) is 4.48. The molecule has 6 nitrogen and oxygen atoms in total. The molecule has 1 aliphatic heterocycles. The Balaban J connectivity index is 1.97. The lowest BCUT2D eigenvalue weighted by Crippen LogP contribution is -2.46. The number of ether oxygens (including phenoxy) is 1. The minimum atomic E-state index is -3.04. The summed E-state index contributed by atoms with van der Waals surface area (Å²) in [4.78, 5) is 24.9. The summed E-state index contributed by atoms with van der Waals surface area (Å²) in [5, 5.41) is 7.89. The first-order valence-electron chi connectivity index (χ1n) is 8.24. The summed E-state index contributed by atoms with van der Waals surface area (Å²) < 4.78 is 31.0. The number of benzene rings is 2. The predicted molar refractivity (Wildman–Crippen MR) is 103 cm³/mol. The maximum absolute atomic E-state index is 12.9. The molecule has 146 valence electrons. The van der Waals surface area contributed by atoms with Crippen molar-refractivity contribution in [1.82, 2.24) is 10.6 Å². The van der Waals surface area contributed by atoms with Gasteiger partial charge in [-0.05, 0) is 37.3 Å². The molecule has 0 unspecified atom stereocenters. The molecule has 2 aromatic rings. The molecular formula is C19H16BrF2N3O3. The van der Waals surface area contributed by atoms with Crippen LogP contribution in [0.5, 0.6) is 5.75 Å². The van der Waals surface area contributed by atoms with Crippen LogP contribution in [0.15, 0.2) is 64.3 Å². The van der Waals surface area contributed by atoms with Crippen molar-refractivity contribution in [2.45, 2.75) is 19.6 Å². The second-order valence-electron chi connectivity index (χ2n) is 5.95. The van der Waals surface area contributed by atoms with Crippen LogP contribution in [0.4, 0.5) is 19.3 Å². The highest BCUT2D eigenvalue weighted by atomic mass is 79.9. The van der Waals surface area contributed by atoms with E-state index in [-0.39, 0.29) is 16.9 Å². The molecule has 1 heterocycles. The molecular weight excluding hydrogens is 436 g/mol. The molecule has 0 spiro atoms. The first kappa shape index (κ1) is 19.8. The second kappa shape index (κ2) is 8.39. The van der Waals surface area contributed by atoms with E-state index >= 15 is 0 Å². The monoisotopic (exact) mass is 451 g/mol. The van der Waals surface area contributed by atoms with Gasteiger partial charge < -0.3 is 20.7 Å². The molecule has 1 atom stereocenters. The zero-order valence-corrected chi connectivity index (χ0v) is 16.2. The highest BCUT2D eigenvalue weighted by Crippen LogP contribution is 2.34. The van der Waals surface area contributed by atoms with Crippen molar-refractivity contribution in [2.24, 2.45) is 0 Å². The van der Waals surface area contributed by atoms with E-state index in [2.05, 4.69) is 36.6 Å². The third-order valence-corrected chi connectivity index (χ3v) is 4.59. The Bertz CT molecular complexity index is 932. The highest BCUT2D eigenvalue weighted by molar-refractivity contribution is 9.10. The van der Waals surface area contributed by atoms with E-state index in [1.807, 2.05) is 0 Å². The summed E-state index contributed by atoms with van der Waals surface area (Å²) in [6, 6.07) is 11.5. The average Bonchev–Trinajstić information content (AvgIpc) is 2.63. The Kier molecular flexibility index (Phi) is 5.93. The molecule has 3 N–H and O–H groups in total. The van der Waals surface area contributed by atoms with Gasteiger partial charge in [0.1, 0.15) is 5.75 Å². The summed E-state index contributed by atoms with van der Waals surface area (Å²) in [5.74, 6) is -0.601. The molecule has 0 aromatic heterocycles. The van der Waals surface area contributed by atoms with E-state index in [0.29, 0.717) is 11.4 Å². The number of alkyl halides is 2. The largest absolute Gasteiger partial charge is 0.434 e. The van der Waals surface area contributed by atoms with Gasteiger partial charge in [0.15, 0.2) is 0 Å². The van der Waals surface area contributed by atoms with E-state index in [1.54, 1.807) is 37.3 Å². The maximum Gasteiger partial charge on any atom is 0.387 e. The van der Waals surface area contributed by atoms with Crippen molar-refractivity contribution >= 4 is 33.6 Å². The number of hydrogen-bond donors (Lipinski definition) is 3. The standard InChI is InChI=1S/C19H16BrF2N3O3/c1-10-15(17(26)24-12-8-6-11(20)7-9-12)16(25-19(27)23-10)13-4-2-3-5-14(13)28-18(21)22/h2-9,16,18H,1H3,(H,24,26)(H2,23,25,27)/t16-/m0/s1. The summed E-state index contributed by atoms with van der Waals surface area (Å²) in [7, 11) is 0. The Labute approximate surface area is 168 Å². The van der Waals surface area contributed by atoms with E-state index in [4.69, 9.17) is 0 Å². The fourth-order valence-electron chi connectivity index (χ4n) is 2.88. The van der Waals surface area contributed by atoms with Gasteiger partial charge in [-0.1, -0.05) is 34.1 Å². The van der Waals surface area contributed by atoms with Crippen LogP contribution in [-0.4, -0.2) is 18.5 Å². The topological polar surface area (TPSA) is 79.5 Å². The first-order valence-corrected chi connectivity index (χ1v) is 9.03. The van der Waals surface area contributed by atoms with Crippen LogP contribution in [0.25, 0.3) is 0 Å². The Morgan fingerprint density at radius 2 is 1.86 bits per heavy atom. The van der Waals surface area contributed by atoms with E-state index in [9.17, 15) is 18.4 Å². The number of urea groups is 1. The number of carbonyl (C=O) groups excluding carboxylic acids is 2. The van der Waals surface area contributed by atoms with E-state index in [0.717, 1.165) is 4.47 Å². The smallest absolute Gasteiger partial charge is 0.387 e. The number of nitrogens with one attached hydrogen (secondary N) is 3. The molecule has 0 aliphatic carbocycles. The summed E-state index contributed by atoms with van der Waals surface area (Å²) in [6.45, 7) is -1.47. The van der Waals surface area contributed by atoms with Gasteiger partial charge >= 0.3 is 12.6 Å². The van der Waals surface area contributed by atoms with Crippen molar-refractivity contribution in [3.63, 3.8) is 0 Å². The normalized spacial score (nSPS) is 16.5. The lowest BCUT2D eigenvalue weighted by molar-refractivity contribution is -0.113. The van der Waals surface area contributed by atoms with Crippen LogP contribution in [0.2, 0.25) is 0 Å². The highest BCUT2D eigenvalue weighted by Gasteiger charge is 2.33. The zero-order valence-electron chi connectivity index (χ0n) is 14.6.